The Labute approximate surface area is 200 Å². The molecule has 2 heterocycles. The number of hydrogen-bond acceptors (Lipinski definition) is 10. The number of aliphatic hydroxyl groups is 2. The quantitative estimate of drug-likeness (QED) is 0.214. The highest BCUT2D eigenvalue weighted by Gasteiger charge is 2.38. The number of nitrogens with zero attached hydrogens (tertiary/aromatic N) is 2. The van der Waals surface area contributed by atoms with Gasteiger partial charge in [0.15, 0.2) is 12.3 Å². The van der Waals surface area contributed by atoms with Crippen molar-refractivity contribution >= 4 is 23.8 Å². The van der Waals surface area contributed by atoms with E-state index in [4.69, 9.17) is 15.2 Å². The standard InChI is InChI=1S/C21H31N5O9/c1-9(2)7-12(22)17(29)25-15(19(30)31)11(4)34-21(33)24-14-5-6-26(20(32)23-14)18-10(3)16(28)13(8-27)35-18/h5-6,9,11-13,15-16,18,27-28H,3,7-8,22H2,1-2,4H3,(H,25,29)(H,30,31)(H,23,24,32,33)/t11-,12-,13+,15+,16-,18+/m0/s1. The number of rotatable bonds is 10. The molecule has 14 heteroatoms. The third-order valence-corrected chi connectivity index (χ3v) is 5.23. The molecule has 2 amide bonds. The minimum atomic E-state index is -1.57. The van der Waals surface area contributed by atoms with Crippen LogP contribution in [-0.4, -0.2) is 79.8 Å². The van der Waals surface area contributed by atoms with Crippen LogP contribution in [0.4, 0.5) is 10.6 Å². The first-order valence-corrected chi connectivity index (χ1v) is 10.8. The lowest BCUT2D eigenvalue weighted by molar-refractivity contribution is -0.145. The molecule has 0 aliphatic carbocycles. The van der Waals surface area contributed by atoms with Crippen LogP contribution in [0.3, 0.4) is 0 Å². The SMILES string of the molecule is C=C1[C@H](n2ccc(NC(=O)O[C@@H](C)[C@@H](NC(=O)[C@@H](N)CC(C)C)C(=O)O)nc2=O)O[C@H](CO)[C@H]1O. The highest BCUT2D eigenvalue weighted by Crippen LogP contribution is 2.31. The zero-order valence-electron chi connectivity index (χ0n) is 19.6. The van der Waals surface area contributed by atoms with Gasteiger partial charge in [-0.1, -0.05) is 20.4 Å². The molecule has 1 saturated heterocycles. The van der Waals surface area contributed by atoms with Crippen molar-refractivity contribution in [1.82, 2.24) is 14.9 Å². The molecule has 1 aromatic rings. The topological polar surface area (TPSA) is 215 Å². The van der Waals surface area contributed by atoms with Crippen LogP contribution >= 0.6 is 0 Å². The van der Waals surface area contributed by atoms with Crippen molar-refractivity contribution < 1.29 is 39.2 Å². The van der Waals surface area contributed by atoms with Crippen molar-refractivity contribution in [3.63, 3.8) is 0 Å². The van der Waals surface area contributed by atoms with Gasteiger partial charge in [-0.15, -0.1) is 0 Å². The molecule has 1 fully saturated rings. The average Bonchev–Trinajstić information content (AvgIpc) is 3.04. The summed E-state index contributed by atoms with van der Waals surface area (Å²) in [4.78, 5) is 52.1. The van der Waals surface area contributed by atoms with Crippen LogP contribution in [0.2, 0.25) is 0 Å². The van der Waals surface area contributed by atoms with Crippen LogP contribution in [0.25, 0.3) is 0 Å². The largest absolute Gasteiger partial charge is 0.480 e. The van der Waals surface area contributed by atoms with E-state index < -0.39 is 66.9 Å². The number of aliphatic hydroxyl groups excluding tert-OH is 2. The van der Waals surface area contributed by atoms with Gasteiger partial charge in [0.25, 0.3) is 0 Å². The van der Waals surface area contributed by atoms with E-state index in [0.717, 1.165) is 4.57 Å². The van der Waals surface area contributed by atoms with Crippen molar-refractivity contribution in [3.05, 3.63) is 34.9 Å². The van der Waals surface area contributed by atoms with E-state index >= 15 is 0 Å². The third-order valence-electron chi connectivity index (χ3n) is 5.23. The number of anilines is 1. The van der Waals surface area contributed by atoms with Gasteiger partial charge in [-0.3, -0.25) is 14.7 Å². The van der Waals surface area contributed by atoms with Crippen molar-refractivity contribution in [2.24, 2.45) is 11.7 Å². The average molecular weight is 498 g/mol. The van der Waals surface area contributed by atoms with Crippen molar-refractivity contribution in [1.29, 1.82) is 0 Å². The summed E-state index contributed by atoms with van der Waals surface area (Å²) < 4.78 is 11.5. The molecular formula is C21H31N5O9. The number of carboxylic acid groups (broad SMARTS) is 1. The van der Waals surface area contributed by atoms with Gasteiger partial charge < -0.3 is 35.8 Å². The Kier molecular flexibility index (Phi) is 9.47. The molecule has 1 aromatic heterocycles. The molecule has 0 saturated carbocycles. The monoisotopic (exact) mass is 497 g/mol. The van der Waals surface area contributed by atoms with Gasteiger partial charge in [0.2, 0.25) is 5.91 Å². The molecule has 35 heavy (non-hydrogen) atoms. The summed E-state index contributed by atoms with van der Waals surface area (Å²) >= 11 is 0. The summed E-state index contributed by atoms with van der Waals surface area (Å²) in [5.41, 5.74) is 5.06. The number of aliphatic carboxylic acids is 1. The zero-order valence-corrected chi connectivity index (χ0v) is 19.6. The molecule has 0 radical (unpaired) electrons. The maximum Gasteiger partial charge on any atom is 0.413 e. The van der Waals surface area contributed by atoms with Crippen molar-refractivity contribution in [3.8, 4) is 0 Å². The number of amides is 2. The molecule has 0 bridgehead atoms. The number of nitrogens with one attached hydrogen (secondary N) is 2. The Balaban J connectivity index is 2.02. The molecule has 0 aromatic carbocycles. The molecular weight excluding hydrogens is 466 g/mol. The molecule has 14 nitrogen and oxygen atoms in total. The van der Waals surface area contributed by atoms with Crippen LogP contribution < -0.4 is 22.1 Å². The molecule has 1 aliphatic heterocycles. The van der Waals surface area contributed by atoms with E-state index in [9.17, 15) is 34.5 Å². The van der Waals surface area contributed by atoms with E-state index in [1.165, 1.54) is 19.2 Å². The second-order valence-electron chi connectivity index (χ2n) is 8.53. The van der Waals surface area contributed by atoms with Gasteiger partial charge in [0, 0.05) is 11.8 Å². The Morgan fingerprint density at radius 2 is 2.00 bits per heavy atom. The first-order chi connectivity index (χ1) is 16.3. The maximum atomic E-state index is 12.4. The normalized spacial score (nSPS) is 22.4. The smallest absolute Gasteiger partial charge is 0.413 e. The lowest BCUT2D eigenvalue weighted by Gasteiger charge is -2.23. The molecule has 2 rings (SSSR count). The minimum Gasteiger partial charge on any atom is -0.480 e. The number of nitrogens with two attached hydrogens (primary N) is 1. The minimum absolute atomic E-state index is 0.112. The van der Waals surface area contributed by atoms with Crippen molar-refractivity contribution in [2.75, 3.05) is 11.9 Å². The summed E-state index contributed by atoms with van der Waals surface area (Å²) in [6.45, 7) is 8.16. The van der Waals surface area contributed by atoms with Crippen molar-refractivity contribution in [2.45, 2.75) is 63.8 Å². The van der Waals surface area contributed by atoms with Gasteiger partial charge in [0.1, 0.15) is 24.1 Å². The first kappa shape index (κ1) is 27.9. The number of carbonyl (C=O) groups is 3. The lowest BCUT2D eigenvalue weighted by atomic mass is 10.0. The molecule has 1 aliphatic rings. The van der Waals surface area contributed by atoms with E-state index in [2.05, 4.69) is 22.2 Å². The van der Waals surface area contributed by atoms with Crippen LogP contribution in [-0.2, 0) is 19.1 Å². The number of carbonyl (C=O) groups excluding carboxylic acids is 2. The fourth-order valence-electron chi connectivity index (χ4n) is 3.39. The zero-order chi connectivity index (χ0) is 26.4. The number of aromatic nitrogens is 2. The predicted molar refractivity (Wildman–Crippen MR) is 121 cm³/mol. The number of ether oxygens (including phenoxy) is 2. The molecule has 7 N–H and O–H groups in total. The van der Waals surface area contributed by atoms with Crippen LogP contribution in [0.5, 0.6) is 0 Å². The molecule has 194 valence electrons. The Morgan fingerprint density at radius 1 is 1.34 bits per heavy atom. The Bertz CT molecular complexity index is 1010. The molecule has 0 spiro atoms. The van der Waals surface area contributed by atoms with E-state index in [0.29, 0.717) is 6.42 Å². The second kappa shape index (κ2) is 11.9. The Hall–Kier alpha value is -3.33. The van der Waals surface area contributed by atoms with E-state index in [1.54, 1.807) is 0 Å². The summed E-state index contributed by atoms with van der Waals surface area (Å²) in [6, 6.07) is -1.25. The number of carboxylic acids is 1. The second-order valence-corrected chi connectivity index (χ2v) is 8.53. The van der Waals surface area contributed by atoms with Crippen LogP contribution in [0, 0.1) is 5.92 Å². The predicted octanol–water partition coefficient (Wildman–Crippen LogP) is -1.07. The molecule has 6 atom stereocenters. The Morgan fingerprint density at radius 3 is 2.51 bits per heavy atom. The lowest BCUT2D eigenvalue weighted by Crippen LogP contribution is -2.54. The van der Waals surface area contributed by atoms with Gasteiger partial charge in [-0.25, -0.2) is 14.4 Å². The summed E-state index contributed by atoms with van der Waals surface area (Å²) in [5, 5.41) is 33.1. The first-order valence-electron chi connectivity index (χ1n) is 10.8. The maximum absolute atomic E-state index is 12.4. The van der Waals surface area contributed by atoms with E-state index in [1.807, 2.05) is 13.8 Å². The fourth-order valence-corrected chi connectivity index (χ4v) is 3.39. The van der Waals surface area contributed by atoms with Gasteiger partial charge in [-0.05, 0) is 25.3 Å². The highest BCUT2D eigenvalue weighted by molar-refractivity contribution is 5.88. The van der Waals surface area contributed by atoms with Crippen LogP contribution in [0.1, 0.15) is 33.4 Å². The van der Waals surface area contributed by atoms with Gasteiger partial charge in [0.05, 0.1) is 12.6 Å². The summed E-state index contributed by atoms with van der Waals surface area (Å²) in [5.74, 6) is -2.23. The van der Waals surface area contributed by atoms with Crippen LogP contribution in [0.15, 0.2) is 29.2 Å². The fraction of sp³-hybridized carbons (Fsp3) is 0.571. The van der Waals surface area contributed by atoms with Gasteiger partial charge in [-0.2, -0.15) is 4.98 Å². The van der Waals surface area contributed by atoms with Gasteiger partial charge >= 0.3 is 17.8 Å². The molecule has 0 unspecified atom stereocenters. The summed E-state index contributed by atoms with van der Waals surface area (Å²) in [6.07, 6.45) is -4.03. The summed E-state index contributed by atoms with van der Waals surface area (Å²) in [7, 11) is 0. The number of hydrogen-bond donors (Lipinski definition) is 6. The highest BCUT2D eigenvalue weighted by atomic mass is 16.6. The van der Waals surface area contributed by atoms with E-state index in [-0.39, 0.29) is 17.3 Å². The third kappa shape index (κ3) is 7.08.